The summed E-state index contributed by atoms with van der Waals surface area (Å²) in [7, 11) is 0. The first-order valence-corrected chi connectivity index (χ1v) is 14.0. The first kappa shape index (κ1) is 23.9. The monoisotopic (exact) mass is 542 g/mol. The van der Waals surface area contributed by atoms with Crippen LogP contribution in [0.15, 0.2) is 94.8 Å². The molecule has 204 valence electrons. The molecule has 8 rings (SSSR count). The molecule has 2 aromatic carbocycles. The summed E-state index contributed by atoms with van der Waals surface area (Å²) in [6, 6.07) is 12.5. The summed E-state index contributed by atoms with van der Waals surface area (Å²) in [5.74, 6) is 0. The number of fused-ring (bicyclic) bond motifs is 6. The molecular formula is C33H30N6O2. The van der Waals surface area contributed by atoms with Gasteiger partial charge in [-0.2, -0.15) is 0 Å². The van der Waals surface area contributed by atoms with Crippen molar-refractivity contribution < 1.29 is 8.83 Å². The molecule has 0 N–H and O–H groups in total. The van der Waals surface area contributed by atoms with Gasteiger partial charge in [0.15, 0.2) is 11.2 Å². The van der Waals surface area contributed by atoms with Crippen LogP contribution in [0.4, 0.5) is 11.4 Å². The highest BCUT2D eigenvalue weighted by Crippen LogP contribution is 2.41. The van der Waals surface area contributed by atoms with Gasteiger partial charge in [0, 0.05) is 71.1 Å². The molecule has 6 aromatic rings. The number of anilines is 2. The molecule has 0 saturated heterocycles. The number of aryl methyl sites for hydroxylation is 2. The predicted molar refractivity (Wildman–Crippen MR) is 163 cm³/mol. The first-order chi connectivity index (χ1) is 20.0. The van der Waals surface area contributed by atoms with Crippen molar-refractivity contribution in [2.24, 2.45) is 0 Å². The van der Waals surface area contributed by atoms with Crippen molar-refractivity contribution in [2.45, 2.75) is 40.0 Å². The second-order valence-electron chi connectivity index (χ2n) is 11.0. The molecule has 0 fully saturated rings. The van der Waals surface area contributed by atoms with Crippen molar-refractivity contribution in [1.29, 1.82) is 0 Å². The van der Waals surface area contributed by atoms with E-state index in [1.54, 1.807) is 12.4 Å². The van der Waals surface area contributed by atoms with Gasteiger partial charge < -0.3 is 28.4 Å². The van der Waals surface area contributed by atoms with E-state index in [1.807, 2.05) is 24.5 Å². The van der Waals surface area contributed by atoms with E-state index >= 15 is 0 Å². The minimum Gasteiger partial charge on any atom is -0.454 e. The van der Waals surface area contributed by atoms with Crippen molar-refractivity contribution in [3.05, 3.63) is 97.1 Å². The van der Waals surface area contributed by atoms with Crippen LogP contribution in [0.3, 0.4) is 0 Å². The third-order valence-electron chi connectivity index (χ3n) is 8.68. The molecular weight excluding hydrogens is 512 g/mol. The number of furan rings is 2. The topological polar surface area (TPSA) is 65.0 Å². The molecule has 0 saturated carbocycles. The Morgan fingerprint density at radius 3 is 1.54 bits per heavy atom. The van der Waals surface area contributed by atoms with Crippen molar-refractivity contribution >= 4 is 55.3 Å². The van der Waals surface area contributed by atoms with Gasteiger partial charge in [-0.25, -0.2) is 0 Å². The first-order valence-electron chi connectivity index (χ1n) is 14.0. The number of rotatable bonds is 4. The van der Waals surface area contributed by atoms with E-state index in [9.17, 15) is 0 Å². The maximum atomic E-state index is 6.37. The lowest BCUT2D eigenvalue weighted by molar-refractivity contribution is 0.176. The maximum Gasteiger partial charge on any atom is 0.159 e. The van der Waals surface area contributed by atoms with Gasteiger partial charge in [0.25, 0.3) is 0 Å². The molecule has 6 heterocycles. The second-order valence-corrected chi connectivity index (χ2v) is 11.0. The zero-order valence-corrected chi connectivity index (χ0v) is 23.4. The Morgan fingerprint density at radius 2 is 1.07 bits per heavy atom. The average Bonchev–Trinajstić information content (AvgIpc) is 3.73. The van der Waals surface area contributed by atoms with Crippen molar-refractivity contribution in [3.63, 3.8) is 0 Å². The zero-order valence-electron chi connectivity index (χ0n) is 23.4. The SMILES string of the molecule is Cc1ccc2c(oc3ccncc32)c1N1C=CN(CN2C=CN(c3c(C)ccc4c3oc3ccncc34)[C@H]2C)[C@H]1C. The van der Waals surface area contributed by atoms with E-state index in [2.05, 4.69) is 106 Å². The number of hydrogen-bond acceptors (Lipinski definition) is 8. The number of nitrogens with zero attached hydrogens (tertiary/aromatic N) is 6. The number of hydrogen-bond donors (Lipinski definition) is 0. The van der Waals surface area contributed by atoms with Crippen LogP contribution in [0.2, 0.25) is 0 Å². The average molecular weight is 543 g/mol. The molecule has 8 nitrogen and oxygen atoms in total. The molecule has 0 aliphatic carbocycles. The fraction of sp³-hybridized carbons (Fsp3) is 0.212. The fourth-order valence-electron chi connectivity index (χ4n) is 6.35. The lowest BCUT2D eigenvalue weighted by Gasteiger charge is -2.36. The lowest BCUT2D eigenvalue weighted by atomic mass is 10.1. The van der Waals surface area contributed by atoms with Crippen LogP contribution in [0.1, 0.15) is 25.0 Å². The number of aromatic nitrogens is 2. The van der Waals surface area contributed by atoms with Gasteiger partial charge in [-0.1, -0.05) is 24.3 Å². The van der Waals surface area contributed by atoms with Gasteiger partial charge in [0.05, 0.1) is 18.0 Å². The van der Waals surface area contributed by atoms with Crippen LogP contribution in [0, 0.1) is 13.8 Å². The maximum absolute atomic E-state index is 6.37. The van der Waals surface area contributed by atoms with Crippen LogP contribution in [-0.2, 0) is 0 Å². The normalized spacial score (nSPS) is 18.9. The van der Waals surface area contributed by atoms with E-state index in [-0.39, 0.29) is 12.3 Å². The Morgan fingerprint density at radius 1 is 0.610 bits per heavy atom. The summed E-state index contributed by atoms with van der Waals surface area (Å²) in [4.78, 5) is 18.0. The van der Waals surface area contributed by atoms with Gasteiger partial charge in [-0.15, -0.1) is 0 Å². The summed E-state index contributed by atoms with van der Waals surface area (Å²) in [5.41, 5.74) is 8.05. The van der Waals surface area contributed by atoms with Crippen molar-refractivity contribution in [3.8, 4) is 0 Å². The zero-order chi connectivity index (χ0) is 27.8. The molecule has 4 aromatic heterocycles. The second kappa shape index (κ2) is 8.76. The van der Waals surface area contributed by atoms with E-state index < -0.39 is 0 Å². The van der Waals surface area contributed by atoms with Crippen molar-refractivity contribution in [2.75, 3.05) is 16.5 Å². The minimum atomic E-state index is 0.105. The molecule has 2 atom stereocenters. The Labute approximate surface area is 237 Å². The number of pyridine rings is 2. The van der Waals surface area contributed by atoms with Gasteiger partial charge in [-0.05, 0) is 51.0 Å². The van der Waals surface area contributed by atoms with Crippen LogP contribution < -0.4 is 9.80 Å². The molecule has 0 bridgehead atoms. The summed E-state index contributed by atoms with van der Waals surface area (Å²) in [6.07, 6.45) is 16.2. The minimum absolute atomic E-state index is 0.105. The van der Waals surface area contributed by atoms with Crippen LogP contribution in [-0.4, -0.2) is 38.8 Å². The highest BCUT2D eigenvalue weighted by molar-refractivity contribution is 6.10. The molecule has 2 aliphatic heterocycles. The molecule has 41 heavy (non-hydrogen) atoms. The summed E-state index contributed by atoms with van der Waals surface area (Å²) < 4.78 is 12.7. The quantitative estimate of drug-likeness (QED) is 0.228. The van der Waals surface area contributed by atoms with E-state index in [0.29, 0.717) is 0 Å². The molecule has 2 aliphatic rings. The van der Waals surface area contributed by atoms with E-state index in [1.165, 1.54) is 11.1 Å². The summed E-state index contributed by atoms with van der Waals surface area (Å²) >= 11 is 0. The van der Waals surface area contributed by atoms with Crippen LogP contribution in [0.25, 0.3) is 43.9 Å². The molecule has 8 heteroatoms. The van der Waals surface area contributed by atoms with Crippen LogP contribution in [0.5, 0.6) is 0 Å². The summed E-state index contributed by atoms with van der Waals surface area (Å²) in [5, 5.41) is 4.26. The van der Waals surface area contributed by atoms with Crippen molar-refractivity contribution in [1.82, 2.24) is 19.8 Å². The third-order valence-corrected chi connectivity index (χ3v) is 8.68. The summed E-state index contributed by atoms with van der Waals surface area (Å²) in [6.45, 7) is 9.49. The standard InChI is InChI=1S/C33H30N6O2/c1-20-5-7-24-26-17-34-11-9-28(26)40-32(24)30(20)38-15-13-36(22(38)3)19-37-14-16-39(23(37)4)31-21(2)6-8-25-27-18-35-12-10-29(27)41-33(25)31/h5-18,22-23H,19H2,1-4H3/t22-,23+. The Balaban J connectivity index is 1.08. The lowest BCUT2D eigenvalue weighted by Crippen LogP contribution is -2.45. The Bertz CT molecular complexity index is 1890. The highest BCUT2D eigenvalue weighted by Gasteiger charge is 2.32. The van der Waals surface area contributed by atoms with Gasteiger partial charge in [-0.3, -0.25) is 9.97 Å². The smallest absolute Gasteiger partial charge is 0.159 e. The van der Waals surface area contributed by atoms with Gasteiger partial charge >= 0.3 is 0 Å². The third kappa shape index (κ3) is 3.46. The highest BCUT2D eigenvalue weighted by atomic mass is 16.3. The number of benzene rings is 2. The van der Waals surface area contributed by atoms with E-state index in [4.69, 9.17) is 8.83 Å². The molecule has 0 amide bonds. The van der Waals surface area contributed by atoms with Crippen LogP contribution >= 0.6 is 0 Å². The predicted octanol–water partition coefficient (Wildman–Crippen LogP) is 7.43. The van der Waals surface area contributed by atoms with E-state index in [0.717, 1.165) is 61.9 Å². The largest absolute Gasteiger partial charge is 0.454 e. The fourth-order valence-corrected chi connectivity index (χ4v) is 6.35. The molecule has 0 spiro atoms. The molecule has 0 unspecified atom stereocenters. The van der Waals surface area contributed by atoms with Gasteiger partial charge in [0.1, 0.15) is 23.5 Å². The Kier molecular flexibility index (Phi) is 5.10. The van der Waals surface area contributed by atoms with Gasteiger partial charge in [0.2, 0.25) is 0 Å². The Hall–Kier alpha value is -4.98. The molecule has 0 radical (unpaired) electrons.